The Morgan fingerprint density at radius 2 is 2.31 bits per heavy atom. The molecule has 1 heterocycles. The Balaban J connectivity index is 2.61. The van der Waals surface area contributed by atoms with Crippen LogP contribution in [0.1, 0.15) is 11.1 Å². The molecule has 1 aromatic carbocycles. The minimum Gasteiger partial charge on any atom is -0.502 e. The molecule has 0 amide bonds. The van der Waals surface area contributed by atoms with Gasteiger partial charge in [-0.1, -0.05) is 0 Å². The molecule has 70 valence electrons. The van der Waals surface area contributed by atoms with Gasteiger partial charge < -0.3 is 15.2 Å². The first-order valence-corrected chi connectivity index (χ1v) is 4.02. The van der Waals surface area contributed by atoms with E-state index in [2.05, 4.69) is 5.32 Å². The van der Waals surface area contributed by atoms with E-state index in [0.29, 0.717) is 18.7 Å². The lowest BCUT2D eigenvalue weighted by atomic mass is 10.1. The van der Waals surface area contributed by atoms with Crippen molar-refractivity contribution in [1.82, 2.24) is 5.32 Å². The molecule has 0 aromatic heterocycles. The number of hydrogen-bond acceptors (Lipinski definition) is 3. The molecule has 0 radical (unpaired) electrons. The monoisotopic (exact) mass is 183 g/mol. The van der Waals surface area contributed by atoms with Gasteiger partial charge in [-0.05, 0) is 11.6 Å². The number of rotatable bonds is 1. The second-order valence-corrected chi connectivity index (χ2v) is 2.98. The number of phenolic OH excluding ortho intramolecular Hbond substituents is 1. The van der Waals surface area contributed by atoms with Crippen molar-refractivity contribution in [3.8, 4) is 11.5 Å². The van der Waals surface area contributed by atoms with Gasteiger partial charge in [0.25, 0.3) is 0 Å². The van der Waals surface area contributed by atoms with Gasteiger partial charge in [-0.2, -0.15) is 0 Å². The molecule has 0 unspecified atom stereocenters. The van der Waals surface area contributed by atoms with E-state index < -0.39 is 11.6 Å². The second-order valence-electron chi connectivity index (χ2n) is 2.98. The first-order chi connectivity index (χ1) is 6.24. The SMILES string of the molecule is COc1cc2c(c(F)c1O)CNC2. The normalized spacial score (nSPS) is 14.3. The van der Waals surface area contributed by atoms with Gasteiger partial charge in [0.2, 0.25) is 0 Å². The highest BCUT2D eigenvalue weighted by molar-refractivity contribution is 5.49. The number of methoxy groups -OCH3 is 1. The van der Waals surface area contributed by atoms with Crippen molar-refractivity contribution < 1.29 is 14.2 Å². The number of nitrogens with one attached hydrogen (secondary N) is 1. The summed E-state index contributed by atoms with van der Waals surface area (Å²) in [5.41, 5.74) is 1.39. The number of fused-ring (bicyclic) bond motifs is 1. The zero-order valence-corrected chi connectivity index (χ0v) is 7.22. The molecule has 0 saturated carbocycles. The molecule has 0 atom stereocenters. The average Bonchev–Trinajstić information content (AvgIpc) is 2.59. The first kappa shape index (κ1) is 8.31. The summed E-state index contributed by atoms with van der Waals surface area (Å²) in [6, 6.07) is 1.66. The molecule has 13 heavy (non-hydrogen) atoms. The zero-order chi connectivity index (χ0) is 9.42. The number of ether oxygens (including phenoxy) is 1. The third-order valence-corrected chi connectivity index (χ3v) is 2.24. The van der Waals surface area contributed by atoms with E-state index in [1.807, 2.05) is 0 Å². The highest BCUT2D eigenvalue weighted by Crippen LogP contribution is 2.35. The molecular formula is C9H10FNO2. The van der Waals surface area contributed by atoms with Crippen LogP contribution in [0.5, 0.6) is 11.5 Å². The summed E-state index contributed by atoms with van der Waals surface area (Å²) in [6.07, 6.45) is 0. The number of benzene rings is 1. The molecule has 0 saturated heterocycles. The highest BCUT2D eigenvalue weighted by atomic mass is 19.1. The molecule has 0 fully saturated rings. The van der Waals surface area contributed by atoms with Gasteiger partial charge in [0.05, 0.1) is 7.11 Å². The summed E-state index contributed by atoms with van der Waals surface area (Å²) in [6.45, 7) is 1.10. The van der Waals surface area contributed by atoms with Gasteiger partial charge >= 0.3 is 0 Å². The Bertz CT molecular complexity index is 351. The molecule has 1 aliphatic rings. The molecular weight excluding hydrogens is 173 g/mol. The van der Waals surface area contributed by atoms with Crippen LogP contribution in [0.3, 0.4) is 0 Å². The third-order valence-electron chi connectivity index (χ3n) is 2.24. The Labute approximate surface area is 75.1 Å². The highest BCUT2D eigenvalue weighted by Gasteiger charge is 2.21. The summed E-state index contributed by atoms with van der Waals surface area (Å²) >= 11 is 0. The van der Waals surface area contributed by atoms with Crippen molar-refractivity contribution in [2.45, 2.75) is 13.1 Å². The molecule has 0 spiro atoms. The van der Waals surface area contributed by atoms with Crippen molar-refractivity contribution in [2.24, 2.45) is 0 Å². The summed E-state index contributed by atoms with van der Waals surface area (Å²) < 4.78 is 18.2. The predicted octanol–water partition coefficient (Wildman–Crippen LogP) is 1.14. The van der Waals surface area contributed by atoms with Gasteiger partial charge in [-0.25, -0.2) is 4.39 Å². The van der Waals surface area contributed by atoms with Crippen molar-refractivity contribution in [2.75, 3.05) is 7.11 Å². The first-order valence-electron chi connectivity index (χ1n) is 4.02. The molecule has 1 aromatic rings. The lowest BCUT2D eigenvalue weighted by Gasteiger charge is -2.07. The molecule has 2 rings (SSSR count). The number of phenols is 1. The Kier molecular flexibility index (Phi) is 1.84. The van der Waals surface area contributed by atoms with Crippen LogP contribution in [0.25, 0.3) is 0 Å². The van der Waals surface area contributed by atoms with E-state index in [1.165, 1.54) is 7.11 Å². The van der Waals surface area contributed by atoms with Crippen molar-refractivity contribution in [3.05, 3.63) is 23.0 Å². The van der Waals surface area contributed by atoms with Crippen LogP contribution in [0.2, 0.25) is 0 Å². The maximum absolute atomic E-state index is 13.4. The van der Waals surface area contributed by atoms with Gasteiger partial charge in [-0.3, -0.25) is 0 Å². The zero-order valence-electron chi connectivity index (χ0n) is 7.22. The molecule has 0 aliphatic carbocycles. The Morgan fingerprint density at radius 3 is 3.00 bits per heavy atom. The minimum absolute atomic E-state index is 0.194. The maximum Gasteiger partial charge on any atom is 0.194 e. The smallest absolute Gasteiger partial charge is 0.194 e. The molecule has 1 aliphatic heterocycles. The van der Waals surface area contributed by atoms with Crippen LogP contribution in [-0.2, 0) is 13.1 Å². The second kappa shape index (κ2) is 2.88. The fourth-order valence-corrected chi connectivity index (χ4v) is 1.53. The van der Waals surface area contributed by atoms with Crippen LogP contribution in [0.15, 0.2) is 6.07 Å². The number of halogens is 1. The quantitative estimate of drug-likeness (QED) is 0.686. The average molecular weight is 183 g/mol. The van der Waals surface area contributed by atoms with E-state index in [0.717, 1.165) is 5.56 Å². The minimum atomic E-state index is -0.570. The summed E-state index contributed by atoms with van der Waals surface area (Å²) in [5.74, 6) is -0.774. The lowest BCUT2D eigenvalue weighted by Crippen LogP contribution is -2.00. The van der Waals surface area contributed by atoms with Crippen LogP contribution < -0.4 is 10.1 Å². The third kappa shape index (κ3) is 1.14. The molecule has 4 heteroatoms. The van der Waals surface area contributed by atoms with Gasteiger partial charge in [0.15, 0.2) is 17.3 Å². The fraction of sp³-hybridized carbons (Fsp3) is 0.333. The molecule has 3 nitrogen and oxygen atoms in total. The van der Waals surface area contributed by atoms with Crippen LogP contribution in [-0.4, -0.2) is 12.2 Å². The van der Waals surface area contributed by atoms with E-state index in [4.69, 9.17) is 4.74 Å². The van der Waals surface area contributed by atoms with Gasteiger partial charge in [0.1, 0.15) is 0 Å². The largest absolute Gasteiger partial charge is 0.502 e. The van der Waals surface area contributed by atoms with E-state index >= 15 is 0 Å². The standard InChI is InChI=1S/C9H10FNO2/c1-13-7-2-5-3-11-4-6(5)8(10)9(7)12/h2,11-12H,3-4H2,1H3. The van der Waals surface area contributed by atoms with Crippen LogP contribution >= 0.6 is 0 Å². The van der Waals surface area contributed by atoms with Crippen LogP contribution in [0, 0.1) is 5.82 Å². The lowest BCUT2D eigenvalue weighted by molar-refractivity contribution is 0.355. The van der Waals surface area contributed by atoms with Gasteiger partial charge in [0, 0.05) is 18.7 Å². The van der Waals surface area contributed by atoms with E-state index in [1.54, 1.807) is 6.07 Å². The number of hydrogen-bond donors (Lipinski definition) is 2. The Morgan fingerprint density at radius 1 is 1.54 bits per heavy atom. The maximum atomic E-state index is 13.4. The number of aromatic hydroxyl groups is 1. The topological polar surface area (TPSA) is 41.5 Å². The molecule has 2 N–H and O–H groups in total. The summed E-state index contributed by atoms with van der Waals surface area (Å²) in [4.78, 5) is 0. The van der Waals surface area contributed by atoms with E-state index in [9.17, 15) is 9.50 Å². The fourth-order valence-electron chi connectivity index (χ4n) is 1.53. The van der Waals surface area contributed by atoms with Crippen molar-refractivity contribution in [3.63, 3.8) is 0 Å². The van der Waals surface area contributed by atoms with Gasteiger partial charge in [-0.15, -0.1) is 0 Å². The van der Waals surface area contributed by atoms with E-state index in [-0.39, 0.29) is 5.75 Å². The van der Waals surface area contributed by atoms with Crippen molar-refractivity contribution in [1.29, 1.82) is 0 Å². The summed E-state index contributed by atoms with van der Waals surface area (Å²) in [5, 5.41) is 12.3. The Hall–Kier alpha value is -1.29. The molecule has 0 bridgehead atoms. The predicted molar refractivity (Wildman–Crippen MR) is 45.2 cm³/mol. The van der Waals surface area contributed by atoms with Crippen molar-refractivity contribution >= 4 is 0 Å². The van der Waals surface area contributed by atoms with Crippen LogP contribution in [0.4, 0.5) is 4.39 Å². The summed E-state index contributed by atoms with van der Waals surface area (Å²) in [7, 11) is 1.41.